The average Bonchev–Trinajstić information content (AvgIpc) is 2.93. The fraction of sp³-hybridized carbons (Fsp3) is 0.0714. The molecular formula is C14H10N4OS. The van der Waals surface area contributed by atoms with Gasteiger partial charge in [0.25, 0.3) is 5.56 Å². The van der Waals surface area contributed by atoms with Gasteiger partial charge in [-0.25, -0.2) is 4.98 Å². The van der Waals surface area contributed by atoms with Crippen LogP contribution in [-0.4, -0.2) is 21.2 Å². The molecule has 2 aromatic heterocycles. The summed E-state index contributed by atoms with van der Waals surface area (Å²) in [7, 11) is 0. The maximum atomic E-state index is 11.9. The number of thioether (sulfide) groups is 1. The monoisotopic (exact) mass is 282 g/mol. The van der Waals surface area contributed by atoms with Crippen molar-refractivity contribution in [3.8, 4) is 17.3 Å². The van der Waals surface area contributed by atoms with Crippen LogP contribution in [0.5, 0.6) is 0 Å². The van der Waals surface area contributed by atoms with Gasteiger partial charge in [0.2, 0.25) is 0 Å². The molecule has 0 aliphatic rings. The molecule has 0 aliphatic heterocycles. The Morgan fingerprint density at radius 3 is 2.95 bits per heavy atom. The van der Waals surface area contributed by atoms with Gasteiger partial charge in [0.05, 0.1) is 5.69 Å². The van der Waals surface area contributed by atoms with E-state index in [2.05, 4.69) is 15.0 Å². The van der Waals surface area contributed by atoms with Crippen LogP contribution in [0, 0.1) is 11.3 Å². The third-order valence-electron chi connectivity index (χ3n) is 3.03. The summed E-state index contributed by atoms with van der Waals surface area (Å²) in [6, 6.07) is 9.55. The van der Waals surface area contributed by atoms with Crippen molar-refractivity contribution in [2.75, 3.05) is 6.26 Å². The van der Waals surface area contributed by atoms with Crippen LogP contribution in [0.3, 0.4) is 0 Å². The van der Waals surface area contributed by atoms with E-state index < -0.39 is 5.56 Å². The molecule has 2 heterocycles. The third-order valence-corrected chi connectivity index (χ3v) is 3.61. The van der Waals surface area contributed by atoms with Crippen molar-refractivity contribution < 1.29 is 0 Å². The van der Waals surface area contributed by atoms with Crippen molar-refractivity contribution in [3.05, 3.63) is 46.4 Å². The number of benzene rings is 1. The lowest BCUT2D eigenvalue weighted by molar-refractivity contribution is 0.938. The smallest absolute Gasteiger partial charge is 0.270 e. The van der Waals surface area contributed by atoms with Gasteiger partial charge in [0.15, 0.2) is 5.16 Å². The topological polar surface area (TPSA) is 85.3 Å². The standard InChI is InChI=1S/C14H10N4OS/c1-20-14-17-12(10(7-15)13(19)18-14)9-2-3-11-8(6-9)4-5-16-11/h2-6,16H,1H3,(H,17,18,19). The minimum Gasteiger partial charge on any atom is -0.361 e. The van der Waals surface area contributed by atoms with Gasteiger partial charge in [-0.1, -0.05) is 17.8 Å². The van der Waals surface area contributed by atoms with E-state index in [1.807, 2.05) is 42.8 Å². The molecule has 1 aromatic carbocycles. The maximum Gasteiger partial charge on any atom is 0.270 e. The molecule has 0 saturated carbocycles. The molecule has 20 heavy (non-hydrogen) atoms. The van der Waals surface area contributed by atoms with Gasteiger partial charge in [-0.05, 0) is 24.5 Å². The number of hydrogen-bond donors (Lipinski definition) is 2. The quantitative estimate of drug-likeness (QED) is 0.558. The van der Waals surface area contributed by atoms with Gasteiger partial charge in [-0.15, -0.1) is 0 Å². The van der Waals surface area contributed by atoms with Crippen molar-refractivity contribution in [1.29, 1.82) is 5.26 Å². The molecule has 3 rings (SSSR count). The minimum absolute atomic E-state index is 0.0395. The van der Waals surface area contributed by atoms with Gasteiger partial charge in [0.1, 0.15) is 11.6 Å². The summed E-state index contributed by atoms with van der Waals surface area (Å²) in [5.74, 6) is 0. The summed E-state index contributed by atoms with van der Waals surface area (Å²) in [5.41, 5.74) is 1.81. The third kappa shape index (κ3) is 1.98. The molecule has 0 atom stereocenters. The summed E-state index contributed by atoms with van der Waals surface area (Å²) in [6.45, 7) is 0. The number of rotatable bonds is 2. The van der Waals surface area contributed by atoms with Crippen molar-refractivity contribution >= 4 is 22.7 Å². The van der Waals surface area contributed by atoms with Crippen LogP contribution in [0.4, 0.5) is 0 Å². The van der Waals surface area contributed by atoms with E-state index in [1.54, 1.807) is 0 Å². The van der Waals surface area contributed by atoms with Gasteiger partial charge in [-0.3, -0.25) is 4.79 Å². The Morgan fingerprint density at radius 1 is 1.35 bits per heavy atom. The van der Waals surface area contributed by atoms with E-state index in [0.717, 1.165) is 16.5 Å². The molecule has 5 nitrogen and oxygen atoms in total. The second kappa shape index (κ2) is 4.87. The zero-order chi connectivity index (χ0) is 14.1. The van der Waals surface area contributed by atoms with Crippen LogP contribution in [0.1, 0.15) is 5.56 Å². The highest BCUT2D eigenvalue weighted by Crippen LogP contribution is 2.24. The number of nitrogens with one attached hydrogen (secondary N) is 2. The first-order valence-corrected chi connectivity index (χ1v) is 7.11. The maximum absolute atomic E-state index is 11.9. The van der Waals surface area contributed by atoms with E-state index in [-0.39, 0.29) is 5.56 Å². The van der Waals surface area contributed by atoms with Gasteiger partial charge in [0, 0.05) is 22.7 Å². The van der Waals surface area contributed by atoms with Crippen LogP contribution < -0.4 is 5.56 Å². The highest BCUT2D eigenvalue weighted by molar-refractivity contribution is 7.98. The molecule has 0 unspecified atom stereocenters. The molecule has 6 heteroatoms. The van der Waals surface area contributed by atoms with Gasteiger partial charge in [-0.2, -0.15) is 5.26 Å². The highest BCUT2D eigenvalue weighted by Gasteiger charge is 2.13. The zero-order valence-electron chi connectivity index (χ0n) is 10.6. The molecule has 0 radical (unpaired) electrons. The fourth-order valence-corrected chi connectivity index (χ4v) is 2.44. The summed E-state index contributed by atoms with van der Waals surface area (Å²) in [5, 5.41) is 10.7. The number of H-pyrrole nitrogens is 2. The molecule has 0 bridgehead atoms. The lowest BCUT2D eigenvalue weighted by Gasteiger charge is -2.05. The number of nitriles is 1. The Hall–Kier alpha value is -2.52. The molecule has 0 amide bonds. The van der Waals surface area contributed by atoms with E-state index in [0.29, 0.717) is 10.9 Å². The van der Waals surface area contributed by atoms with Crippen LogP contribution in [0.25, 0.3) is 22.2 Å². The Labute approximate surface area is 118 Å². The fourth-order valence-electron chi connectivity index (χ4n) is 2.06. The Morgan fingerprint density at radius 2 is 2.20 bits per heavy atom. The second-order valence-corrected chi connectivity index (χ2v) is 4.99. The molecule has 2 N–H and O–H groups in total. The first-order valence-electron chi connectivity index (χ1n) is 5.89. The Kier molecular flexibility index (Phi) is 3.05. The summed E-state index contributed by atoms with van der Waals surface area (Å²) >= 11 is 1.33. The summed E-state index contributed by atoms with van der Waals surface area (Å²) < 4.78 is 0. The van der Waals surface area contributed by atoms with Crippen molar-refractivity contribution in [2.24, 2.45) is 0 Å². The number of aromatic amines is 2. The Balaban J connectivity index is 2.29. The molecule has 0 spiro atoms. The molecule has 0 aliphatic carbocycles. The van der Waals surface area contributed by atoms with Gasteiger partial charge >= 0.3 is 0 Å². The van der Waals surface area contributed by atoms with Crippen LogP contribution >= 0.6 is 11.8 Å². The summed E-state index contributed by atoms with van der Waals surface area (Å²) in [4.78, 5) is 21.9. The minimum atomic E-state index is -0.406. The number of hydrogen-bond acceptors (Lipinski definition) is 4. The lowest BCUT2D eigenvalue weighted by Crippen LogP contribution is -2.14. The van der Waals surface area contributed by atoms with Crippen molar-refractivity contribution in [1.82, 2.24) is 15.0 Å². The van der Waals surface area contributed by atoms with Crippen LogP contribution in [0.2, 0.25) is 0 Å². The predicted octanol–water partition coefficient (Wildman–Crippen LogP) is 2.51. The zero-order valence-corrected chi connectivity index (χ0v) is 11.4. The first-order chi connectivity index (χ1) is 9.72. The van der Waals surface area contributed by atoms with E-state index in [9.17, 15) is 10.1 Å². The second-order valence-electron chi connectivity index (χ2n) is 4.19. The lowest BCUT2D eigenvalue weighted by atomic mass is 10.1. The Bertz CT molecular complexity index is 888. The molecule has 98 valence electrons. The molecular weight excluding hydrogens is 272 g/mol. The van der Waals surface area contributed by atoms with E-state index in [4.69, 9.17) is 0 Å². The van der Waals surface area contributed by atoms with E-state index in [1.165, 1.54) is 11.8 Å². The molecule has 0 saturated heterocycles. The predicted molar refractivity (Wildman–Crippen MR) is 78.6 cm³/mol. The molecule has 3 aromatic rings. The normalized spacial score (nSPS) is 10.6. The largest absolute Gasteiger partial charge is 0.361 e. The SMILES string of the molecule is CSc1nc(-c2ccc3[nH]ccc3c2)c(C#N)c(=O)[nH]1. The van der Waals surface area contributed by atoms with Gasteiger partial charge < -0.3 is 9.97 Å². The number of nitrogens with zero attached hydrogens (tertiary/aromatic N) is 2. The number of fused-ring (bicyclic) bond motifs is 1. The first kappa shape index (κ1) is 12.5. The van der Waals surface area contributed by atoms with E-state index >= 15 is 0 Å². The van der Waals surface area contributed by atoms with Crippen LogP contribution in [0.15, 0.2) is 40.4 Å². The summed E-state index contributed by atoms with van der Waals surface area (Å²) in [6.07, 6.45) is 3.67. The average molecular weight is 282 g/mol. The van der Waals surface area contributed by atoms with Crippen LogP contribution in [-0.2, 0) is 0 Å². The van der Waals surface area contributed by atoms with Crippen molar-refractivity contribution in [3.63, 3.8) is 0 Å². The van der Waals surface area contributed by atoms with Crippen molar-refractivity contribution in [2.45, 2.75) is 5.16 Å². The highest BCUT2D eigenvalue weighted by atomic mass is 32.2. The number of aromatic nitrogens is 3. The molecule has 0 fully saturated rings.